The minimum Gasteiger partial charge on any atom is -0.332 e. The van der Waals surface area contributed by atoms with E-state index in [2.05, 4.69) is 0 Å². The molecule has 2 aromatic carbocycles. The number of nitrogens with zero attached hydrogens (tertiary/aromatic N) is 1. The maximum Gasteiger partial charge on any atom is 0.223 e. The zero-order valence-corrected chi connectivity index (χ0v) is 12.8. The average Bonchev–Trinajstić information content (AvgIpc) is 2.76. The molecule has 23 heavy (non-hydrogen) atoms. The van der Waals surface area contributed by atoms with Gasteiger partial charge in [0.15, 0.2) is 0 Å². The van der Waals surface area contributed by atoms with Crippen LogP contribution in [-0.4, -0.2) is 17.4 Å². The van der Waals surface area contributed by atoms with Crippen LogP contribution < -0.4 is 0 Å². The summed E-state index contributed by atoms with van der Waals surface area (Å²) >= 11 is 0. The summed E-state index contributed by atoms with van der Waals surface area (Å²) in [6, 6.07) is 12.1. The van der Waals surface area contributed by atoms with Crippen molar-refractivity contribution in [1.82, 2.24) is 4.90 Å². The van der Waals surface area contributed by atoms with Gasteiger partial charge >= 0.3 is 0 Å². The summed E-state index contributed by atoms with van der Waals surface area (Å²) in [6.07, 6.45) is 3.40. The van der Waals surface area contributed by atoms with E-state index < -0.39 is 0 Å². The molecule has 0 bridgehead atoms. The van der Waals surface area contributed by atoms with Crippen LogP contribution in [0, 0.1) is 11.6 Å². The van der Waals surface area contributed by atoms with Crippen LogP contribution in [0.1, 0.15) is 42.9 Å². The van der Waals surface area contributed by atoms with Crippen LogP contribution >= 0.6 is 0 Å². The summed E-state index contributed by atoms with van der Waals surface area (Å²) in [5, 5.41) is 0. The lowest BCUT2D eigenvalue weighted by molar-refractivity contribution is -0.132. The Balaban J connectivity index is 2.03. The van der Waals surface area contributed by atoms with Crippen LogP contribution in [0.3, 0.4) is 0 Å². The molecule has 0 spiro atoms. The number of likely N-dealkylation sites (tertiary alicyclic amines) is 1. The Morgan fingerprint density at radius 1 is 0.783 bits per heavy atom. The highest BCUT2D eigenvalue weighted by molar-refractivity contribution is 5.77. The van der Waals surface area contributed by atoms with Crippen LogP contribution in [-0.2, 0) is 4.79 Å². The number of carbonyl (C=O) groups excluding carboxylic acids is 1. The van der Waals surface area contributed by atoms with Gasteiger partial charge in [-0.3, -0.25) is 4.79 Å². The largest absolute Gasteiger partial charge is 0.332 e. The van der Waals surface area contributed by atoms with E-state index in [0.29, 0.717) is 13.0 Å². The molecule has 1 fully saturated rings. The Labute approximate surface area is 134 Å². The number of rotatable bonds is 3. The lowest BCUT2D eigenvalue weighted by atomic mass is 9.96. The van der Waals surface area contributed by atoms with Gasteiger partial charge in [0.1, 0.15) is 11.6 Å². The summed E-state index contributed by atoms with van der Waals surface area (Å²) in [7, 11) is 0. The van der Waals surface area contributed by atoms with Crippen molar-refractivity contribution < 1.29 is 13.6 Å². The lowest BCUT2D eigenvalue weighted by Gasteiger charge is -2.32. The summed E-state index contributed by atoms with van der Waals surface area (Å²) in [4.78, 5) is 14.4. The SMILES string of the molecule is O=C1CCCCCN1C(c1ccc(F)cc1)c1ccc(F)cc1. The van der Waals surface area contributed by atoms with Gasteiger partial charge in [0.2, 0.25) is 5.91 Å². The summed E-state index contributed by atoms with van der Waals surface area (Å²) < 4.78 is 26.5. The van der Waals surface area contributed by atoms with Gasteiger partial charge in [-0.15, -0.1) is 0 Å². The second-order valence-corrected chi connectivity index (χ2v) is 5.90. The summed E-state index contributed by atoms with van der Waals surface area (Å²) in [5.74, 6) is -0.524. The van der Waals surface area contributed by atoms with Crippen molar-refractivity contribution >= 4 is 5.91 Å². The Kier molecular flexibility index (Phi) is 4.70. The normalized spacial score (nSPS) is 15.8. The number of benzene rings is 2. The molecule has 1 amide bonds. The number of amides is 1. The highest BCUT2D eigenvalue weighted by Crippen LogP contribution is 2.31. The second-order valence-electron chi connectivity index (χ2n) is 5.90. The fraction of sp³-hybridized carbons (Fsp3) is 0.316. The van der Waals surface area contributed by atoms with Crippen molar-refractivity contribution in [2.45, 2.75) is 31.7 Å². The highest BCUT2D eigenvalue weighted by Gasteiger charge is 2.27. The van der Waals surface area contributed by atoms with E-state index in [1.165, 1.54) is 24.3 Å². The van der Waals surface area contributed by atoms with Gasteiger partial charge < -0.3 is 4.90 Å². The highest BCUT2D eigenvalue weighted by atomic mass is 19.1. The standard InChI is InChI=1S/C19H19F2NO/c20-16-9-5-14(6-10-16)19(15-7-11-17(21)12-8-15)22-13-3-1-2-4-18(22)23/h5-12,19H,1-4,13H2. The number of halogens is 2. The van der Waals surface area contributed by atoms with Crippen molar-refractivity contribution in [2.75, 3.05) is 6.54 Å². The van der Waals surface area contributed by atoms with Gasteiger partial charge in [-0.1, -0.05) is 30.7 Å². The molecule has 0 N–H and O–H groups in total. The Morgan fingerprint density at radius 2 is 1.30 bits per heavy atom. The van der Waals surface area contributed by atoms with Crippen molar-refractivity contribution in [3.63, 3.8) is 0 Å². The van der Waals surface area contributed by atoms with E-state index in [1.54, 1.807) is 24.3 Å². The Bertz CT molecular complexity index is 621. The smallest absolute Gasteiger partial charge is 0.223 e. The fourth-order valence-electron chi connectivity index (χ4n) is 3.12. The molecular weight excluding hydrogens is 296 g/mol. The van der Waals surface area contributed by atoms with E-state index in [-0.39, 0.29) is 23.6 Å². The molecule has 0 unspecified atom stereocenters. The number of hydrogen-bond donors (Lipinski definition) is 0. The van der Waals surface area contributed by atoms with Crippen LogP contribution in [0.2, 0.25) is 0 Å². The molecule has 0 saturated carbocycles. The predicted molar refractivity (Wildman–Crippen MR) is 84.8 cm³/mol. The minimum atomic E-state index is -0.311. The maximum atomic E-state index is 13.3. The van der Waals surface area contributed by atoms with Gasteiger partial charge in [0.25, 0.3) is 0 Å². The first-order valence-electron chi connectivity index (χ1n) is 7.95. The molecular formula is C19H19F2NO. The van der Waals surface area contributed by atoms with Gasteiger partial charge in [-0.25, -0.2) is 8.78 Å². The second kappa shape index (κ2) is 6.90. The molecule has 0 aliphatic carbocycles. The van der Waals surface area contributed by atoms with E-state index in [1.807, 2.05) is 4.90 Å². The molecule has 1 aliphatic rings. The third-order valence-corrected chi connectivity index (χ3v) is 4.29. The monoisotopic (exact) mass is 315 g/mol. The maximum absolute atomic E-state index is 13.3. The van der Waals surface area contributed by atoms with E-state index in [9.17, 15) is 13.6 Å². The van der Waals surface area contributed by atoms with Gasteiger partial charge in [0.05, 0.1) is 6.04 Å². The first-order valence-corrected chi connectivity index (χ1v) is 7.95. The van der Waals surface area contributed by atoms with E-state index >= 15 is 0 Å². The van der Waals surface area contributed by atoms with Crippen LogP contribution in [0.25, 0.3) is 0 Å². The molecule has 0 aromatic heterocycles. The molecule has 120 valence electrons. The van der Waals surface area contributed by atoms with Crippen molar-refractivity contribution in [1.29, 1.82) is 0 Å². The molecule has 2 nitrogen and oxygen atoms in total. The minimum absolute atomic E-state index is 0.0983. The predicted octanol–water partition coefficient (Wildman–Crippen LogP) is 4.46. The van der Waals surface area contributed by atoms with E-state index in [0.717, 1.165) is 30.4 Å². The average molecular weight is 315 g/mol. The Hall–Kier alpha value is -2.23. The number of hydrogen-bond acceptors (Lipinski definition) is 1. The zero-order valence-electron chi connectivity index (χ0n) is 12.8. The summed E-state index contributed by atoms with van der Waals surface area (Å²) in [5.41, 5.74) is 1.68. The fourth-order valence-corrected chi connectivity index (χ4v) is 3.12. The molecule has 4 heteroatoms. The first kappa shape index (κ1) is 15.7. The van der Waals surface area contributed by atoms with Crippen LogP contribution in [0.15, 0.2) is 48.5 Å². The molecule has 1 aliphatic heterocycles. The number of carbonyl (C=O) groups is 1. The van der Waals surface area contributed by atoms with Crippen molar-refractivity contribution in [3.05, 3.63) is 71.3 Å². The van der Waals surface area contributed by atoms with Gasteiger partial charge in [0, 0.05) is 13.0 Å². The third kappa shape index (κ3) is 3.58. The Morgan fingerprint density at radius 3 is 1.83 bits per heavy atom. The quantitative estimate of drug-likeness (QED) is 0.819. The van der Waals surface area contributed by atoms with Gasteiger partial charge in [-0.2, -0.15) is 0 Å². The molecule has 1 saturated heterocycles. The molecule has 2 aromatic rings. The summed E-state index contributed by atoms with van der Waals surface area (Å²) in [6.45, 7) is 0.665. The van der Waals surface area contributed by atoms with Crippen LogP contribution in [0.5, 0.6) is 0 Å². The van der Waals surface area contributed by atoms with Gasteiger partial charge in [-0.05, 0) is 48.2 Å². The van der Waals surface area contributed by atoms with Crippen molar-refractivity contribution in [2.24, 2.45) is 0 Å². The lowest BCUT2D eigenvalue weighted by Crippen LogP contribution is -2.35. The van der Waals surface area contributed by atoms with E-state index in [4.69, 9.17) is 0 Å². The third-order valence-electron chi connectivity index (χ3n) is 4.29. The topological polar surface area (TPSA) is 20.3 Å². The molecule has 0 radical (unpaired) electrons. The first-order chi connectivity index (χ1) is 11.1. The van der Waals surface area contributed by atoms with Crippen LogP contribution in [0.4, 0.5) is 8.78 Å². The zero-order chi connectivity index (χ0) is 16.2. The van der Waals surface area contributed by atoms with Crippen molar-refractivity contribution in [3.8, 4) is 0 Å². The molecule has 1 heterocycles. The molecule has 0 atom stereocenters. The molecule has 3 rings (SSSR count).